The molecular formula is C23H26ClN3O3. The summed E-state index contributed by atoms with van der Waals surface area (Å²) >= 11 is 6.11. The van der Waals surface area contributed by atoms with Crippen LogP contribution in [0.4, 0.5) is 0 Å². The first kappa shape index (κ1) is 20.8. The lowest BCUT2D eigenvalue weighted by Crippen LogP contribution is -2.52. The van der Waals surface area contributed by atoms with E-state index in [1.807, 2.05) is 30.3 Å². The van der Waals surface area contributed by atoms with Gasteiger partial charge < -0.3 is 15.3 Å². The van der Waals surface area contributed by atoms with Crippen LogP contribution in [0.3, 0.4) is 0 Å². The first-order valence-electron chi connectivity index (χ1n) is 10.5. The number of aryl methyl sites for hydroxylation is 2. The minimum atomic E-state index is -1.65. The summed E-state index contributed by atoms with van der Waals surface area (Å²) in [6.07, 6.45) is 4.64. The van der Waals surface area contributed by atoms with Crippen molar-refractivity contribution in [2.75, 3.05) is 6.54 Å². The lowest BCUT2D eigenvalue weighted by Gasteiger charge is -2.31. The third-order valence-corrected chi connectivity index (χ3v) is 6.45. The van der Waals surface area contributed by atoms with Crippen LogP contribution in [0.15, 0.2) is 36.5 Å². The predicted molar refractivity (Wildman–Crippen MR) is 114 cm³/mol. The van der Waals surface area contributed by atoms with Crippen LogP contribution in [0.5, 0.6) is 0 Å². The number of pyridine rings is 1. The maximum atomic E-state index is 13.3. The highest BCUT2D eigenvalue weighted by molar-refractivity contribution is 6.30. The lowest BCUT2D eigenvalue weighted by atomic mass is 9.98. The Kier molecular flexibility index (Phi) is 5.80. The van der Waals surface area contributed by atoms with Crippen molar-refractivity contribution >= 4 is 23.4 Å². The average molecular weight is 428 g/mol. The van der Waals surface area contributed by atoms with E-state index >= 15 is 0 Å². The van der Waals surface area contributed by atoms with E-state index in [1.54, 1.807) is 6.20 Å². The summed E-state index contributed by atoms with van der Waals surface area (Å²) in [5.74, 6) is -0.625. The number of carbonyl (C=O) groups excluding carboxylic acids is 2. The number of fused-ring (bicyclic) bond motifs is 1. The van der Waals surface area contributed by atoms with Gasteiger partial charge in [0.15, 0.2) is 5.60 Å². The summed E-state index contributed by atoms with van der Waals surface area (Å²) in [4.78, 5) is 32.0. The van der Waals surface area contributed by atoms with E-state index in [2.05, 4.69) is 17.2 Å². The van der Waals surface area contributed by atoms with Gasteiger partial charge in [-0.05, 0) is 67.0 Å². The molecule has 2 aromatic rings. The maximum Gasteiger partial charge on any atom is 0.261 e. The number of hydrogen-bond donors (Lipinski definition) is 2. The van der Waals surface area contributed by atoms with Crippen molar-refractivity contribution < 1.29 is 14.7 Å². The number of rotatable bonds is 5. The first-order chi connectivity index (χ1) is 14.4. The van der Waals surface area contributed by atoms with Crippen molar-refractivity contribution in [2.24, 2.45) is 0 Å². The molecule has 1 unspecified atom stereocenters. The molecule has 0 radical (unpaired) electrons. The van der Waals surface area contributed by atoms with Crippen molar-refractivity contribution in [1.29, 1.82) is 0 Å². The van der Waals surface area contributed by atoms with E-state index in [0.29, 0.717) is 43.1 Å². The second-order valence-corrected chi connectivity index (χ2v) is 8.45. The highest BCUT2D eigenvalue weighted by Gasteiger charge is 2.50. The van der Waals surface area contributed by atoms with Crippen molar-refractivity contribution in [1.82, 2.24) is 15.2 Å². The van der Waals surface area contributed by atoms with Gasteiger partial charge in [0.25, 0.3) is 5.91 Å². The SMILES string of the molecule is CCc1ccc(Cl)cc1CNC(=O)[C@@H]1CCCN1C(=O)C1(O)CCc2cccnc21. The van der Waals surface area contributed by atoms with Crippen LogP contribution >= 0.6 is 11.6 Å². The van der Waals surface area contributed by atoms with E-state index < -0.39 is 17.6 Å². The second kappa shape index (κ2) is 8.36. The van der Waals surface area contributed by atoms with E-state index in [1.165, 1.54) is 4.90 Å². The Bertz CT molecular complexity index is 980. The Hall–Kier alpha value is -2.44. The van der Waals surface area contributed by atoms with Gasteiger partial charge in [0.05, 0.1) is 5.69 Å². The fraction of sp³-hybridized carbons (Fsp3) is 0.435. The molecule has 1 fully saturated rings. The molecule has 4 rings (SSSR count). The summed E-state index contributed by atoms with van der Waals surface area (Å²) in [5, 5.41) is 14.8. The number of amides is 2. The van der Waals surface area contributed by atoms with Crippen molar-refractivity contribution in [3.05, 3.63) is 63.9 Å². The zero-order chi connectivity index (χ0) is 21.3. The lowest BCUT2D eigenvalue weighted by molar-refractivity contribution is -0.156. The summed E-state index contributed by atoms with van der Waals surface area (Å²) in [5.41, 5.74) is 1.76. The molecule has 0 saturated carbocycles. The number of aliphatic hydroxyl groups is 1. The predicted octanol–water partition coefficient (Wildman–Crippen LogP) is 2.74. The molecule has 2 heterocycles. The Balaban J connectivity index is 1.48. The molecule has 1 aliphatic carbocycles. The number of likely N-dealkylation sites (tertiary alicyclic amines) is 1. The molecule has 0 bridgehead atoms. The molecular weight excluding hydrogens is 402 g/mol. The van der Waals surface area contributed by atoms with Crippen LogP contribution in [0.2, 0.25) is 5.02 Å². The largest absolute Gasteiger partial charge is 0.374 e. The highest BCUT2D eigenvalue weighted by Crippen LogP contribution is 2.38. The Labute approximate surface area is 181 Å². The van der Waals surface area contributed by atoms with Crippen LogP contribution in [-0.4, -0.2) is 39.4 Å². The van der Waals surface area contributed by atoms with Gasteiger partial charge in [-0.25, -0.2) is 0 Å². The number of aromatic nitrogens is 1. The van der Waals surface area contributed by atoms with Crippen molar-refractivity contribution in [2.45, 2.75) is 57.2 Å². The van der Waals surface area contributed by atoms with Gasteiger partial charge in [0, 0.05) is 24.3 Å². The van der Waals surface area contributed by atoms with Gasteiger partial charge in [-0.2, -0.15) is 0 Å². The molecule has 1 aromatic carbocycles. The van der Waals surface area contributed by atoms with Crippen molar-refractivity contribution in [3.8, 4) is 0 Å². The summed E-state index contributed by atoms with van der Waals surface area (Å²) in [6.45, 7) is 2.87. The fourth-order valence-corrected chi connectivity index (χ4v) is 4.77. The molecule has 7 heteroatoms. The number of benzene rings is 1. The molecule has 158 valence electrons. The van der Waals surface area contributed by atoms with Crippen LogP contribution in [0, 0.1) is 0 Å². The average Bonchev–Trinajstić information content (AvgIpc) is 3.38. The third kappa shape index (κ3) is 3.70. The van der Waals surface area contributed by atoms with Crippen LogP contribution in [0.1, 0.15) is 48.6 Å². The Morgan fingerprint density at radius 2 is 2.17 bits per heavy atom. The molecule has 1 aromatic heterocycles. The zero-order valence-corrected chi connectivity index (χ0v) is 17.8. The molecule has 1 saturated heterocycles. The van der Waals surface area contributed by atoms with Gasteiger partial charge >= 0.3 is 0 Å². The molecule has 1 aliphatic heterocycles. The molecule has 6 nitrogen and oxygen atoms in total. The first-order valence-corrected chi connectivity index (χ1v) is 10.8. The topological polar surface area (TPSA) is 82.5 Å². The number of nitrogens with zero attached hydrogens (tertiary/aromatic N) is 2. The maximum absolute atomic E-state index is 13.3. The Morgan fingerprint density at radius 3 is 2.97 bits per heavy atom. The minimum absolute atomic E-state index is 0.203. The van der Waals surface area contributed by atoms with Crippen LogP contribution in [-0.2, 0) is 34.6 Å². The number of halogens is 1. The van der Waals surface area contributed by atoms with Crippen LogP contribution < -0.4 is 5.32 Å². The standard InChI is InChI=1S/C23H26ClN3O3/c1-2-15-7-8-18(24)13-17(15)14-26-21(28)19-6-4-12-27(19)22(29)23(30)10-9-16-5-3-11-25-20(16)23/h3,5,7-8,11,13,19,30H,2,4,6,9-10,12,14H2,1H3,(H,26,28)/t19-,23?/m0/s1. The molecule has 2 amide bonds. The van der Waals surface area contributed by atoms with Gasteiger partial charge in [-0.1, -0.05) is 30.7 Å². The normalized spacial score (nSPS) is 22.8. The second-order valence-electron chi connectivity index (χ2n) is 8.01. The monoisotopic (exact) mass is 427 g/mol. The smallest absolute Gasteiger partial charge is 0.261 e. The number of nitrogens with one attached hydrogen (secondary N) is 1. The number of hydrogen-bond acceptors (Lipinski definition) is 4. The number of carbonyl (C=O) groups is 2. The van der Waals surface area contributed by atoms with Gasteiger partial charge in [0.2, 0.25) is 5.91 Å². The zero-order valence-electron chi connectivity index (χ0n) is 17.0. The van der Waals surface area contributed by atoms with Gasteiger partial charge in [-0.3, -0.25) is 14.6 Å². The van der Waals surface area contributed by atoms with E-state index in [0.717, 1.165) is 29.5 Å². The fourth-order valence-electron chi connectivity index (χ4n) is 4.58. The van der Waals surface area contributed by atoms with Gasteiger partial charge in [0.1, 0.15) is 6.04 Å². The van der Waals surface area contributed by atoms with Crippen molar-refractivity contribution in [3.63, 3.8) is 0 Å². The highest BCUT2D eigenvalue weighted by atomic mass is 35.5. The van der Waals surface area contributed by atoms with Gasteiger partial charge in [-0.15, -0.1) is 0 Å². The molecule has 2 atom stereocenters. The Morgan fingerprint density at radius 1 is 1.33 bits per heavy atom. The van der Waals surface area contributed by atoms with E-state index in [-0.39, 0.29) is 5.91 Å². The molecule has 0 spiro atoms. The van der Waals surface area contributed by atoms with Crippen LogP contribution in [0.25, 0.3) is 0 Å². The summed E-state index contributed by atoms with van der Waals surface area (Å²) in [6, 6.07) is 8.78. The van der Waals surface area contributed by atoms with E-state index in [9.17, 15) is 14.7 Å². The summed E-state index contributed by atoms with van der Waals surface area (Å²) < 4.78 is 0. The molecule has 30 heavy (non-hydrogen) atoms. The third-order valence-electron chi connectivity index (χ3n) is 6.21. The quantitative estimate of drug-likeness (QED) is 0.768. The molecule has 2 aliphatic rings. The minimum Gasteiger partial charge on any atom is -0.374 e. The molecule has 2 N–H and O–H groups in total. The van der Waals surface area contributed by atoms with E-state index in [4.69, 9.17) is 11.6 Å². The summed E-state index contributed by atoms with van der Waals surface area (Å²) in [7, 11) is 0.